The number of hydrogen-bond donors (Lipinski definition) is 2. The van der Waals surface area contributed by atoms with Crippen LogP contribution in [0.15, 0.2) is 12.1 Å². The summed E-state index contributed by atoms with van der Waals surface area (Å²) in [6.45, 7) is 2.06. The molecule has 1 fully saturated rings. The fourth-order valence-electron chi connectivity index (χ4n) is 2.35. The van der Waals surface area contributed by atoms with Gasteiger partial charge in [-0.25, -0.2) is 17.6 Å². The van der Waals surface area contributed by atoms with Crippen molar-refractivity contribution in [1.82, 2.24) is 0 Å². The number of carbonyl (C=O) groups is 1. The molecule has 0 saturated carbocycles. The highest BCUT2D eigenvalue weighted by Crippen LogP contribution is 2.22. The standard InChI is InChI=1S/C14H18FNO5S/c1-9-6-11(14(17)18)12(15)7-13(9)16-22(19,20)8-10-4-2-3-5-21-10/h6-7,10,16H,2-5,8H2,1H3,(H,17,18). The molecule has 122 valence electrons. The second-order valence-electron chi connectivity index (χ2n) is 5.32. The Kier molecular flexibility index (Phi) is 5.02. The molecule has 0 spiro atoms. The van der Waals surface area contributed by atoms with Gasteiger partial charge in [-0.05, 0) is 43.9 Å². The van der Waals surface area contributed by atoms with Crippen LogP contribution in [0.5, 0.6) is 0 Å². The van der Waals surface area contributed by atoms with Crippen LogP contribution >= 0.6 is 0 Å². The van der Waals surface area contributed by atoms with Crippen LogP contribution in [0.3, 0.4) is 0 Å². The SMILES string of the molecule is Cc1cc(C(=O)O)c(F)cc1NS(=O)(=O)CC1CCCCO1. The molecule has 0 amide bonds. The van der Waals surface area contributed by atoms with Crippen molar-refractivity contribution < 1.29 is 27.4 Å². The number of anilines is 1. The molecule has 0 aliphatic carbocycles. The van der Waals surface area contributed by atoms with E-state index < -0.39 is 27.4 Å². The van der Waals surface area contributed by atoms with Gasteiger partial charge < -0.3 is 9.84 Å². The van der Waals surface area contributed by atoms with Crippen LogP contribution in [-0.2, 0) is 14.8 Å². The third-order valence-corrected chi connectivity index (χ3v) is 4.83. The van der Waals surface area contributed by atoms with Gasteiger partial charge in [-0.15, -0.1) is 0 Å². The molecule has 1 unspecified atom stereocenters. The topological polar surface area (TPSA) is 92.7 Å². The van der Waals surface area contributed by atoms with E-state index in [0.717, 1.165) is 25.0 Å². The lowest BCUT2D eigenvalue weighted by molar-refractivity contribution is 0.0306. The molecule has 1 aromatic carbocycles. The molecular formula is C14H18FNO5S. The van der Waals surface area contributed by atoms with Crippen molar-refractivity contribution in [3.63, 3.8) is 0 Å². The van der Waals surface area contributed by atoms with E-state index in [-0.39, 0.29) is 17.5 Å². The summed E-state index contributed by atoms with van der Waals surface area (Å²) >= 11 is 0. The minimum Gasteiger partial charge on any atom is -0.478 e. The van der Waals surface area contributed by atoms with E-state index in [2.05, 4.69) is 4.72 Å². The first-order valence-corrected chi connectivity index (χ1v) is 8.59. The number of carboxylic acid groups (broad SMARTS) is 1. The monoisotopic (exact) mass is 331 g/mol. The van der Waals surface area contributed by atoms with E-state index in [1.807, 2.05) is 0 Å². The number of halogens is 1. The Hall–Kier alpha value is -1.67. The molecule has 2 N–H and O–H groups in total. The Morgan fingerprint density at radius 2 is 2.18 bits per heavy atom. The maximum atomic E-state index is 13.7. The highest BCUT2D eigenvalue weighted by molar-refractivity contribution is 7.92. The first-order valence-electron chi connectivity index (χ1n) is 6.94. The van der Waals surface area contributed by atoms with E-state index in [0.29, 0.717) is 18.6 Å². The lowest BCUT2D eigenvalue weighted by Crippen LogP contribution is -2.31. The maximum Gasteiger partial charge on any atom is 0.338 e. The van der Waals surface area contributed by atoms with Crippen LogP contribution in [0.1, 0.15) is 35.2 Å². The van der Waals surface area contributed by atoms with Gasteiger partial charge in [-0.1, -0.05) is 0 Å². The highest BCUT2D eigenvalue weighted by atomic mass is 32.2. The van der Waals surface area contributed by atoms with Crippen LogP contribution in [0, 0.1) is 12.7 Å². The molecule has 2 rings (SSSR count). The first-order chi connectivity index (χ1) is 10.3. The Morgan fingerprint density at radius 3 is 2.77 bits per heavy atom. The van der Waals surface area contributed by atoms with Gasteiger partial charge in [0.15, 0.2) is 0 Å². The van der Waals surface area contributed by atoms with Crippen LogP contribution in [0.4, 0.5) is 10.1 Å². The zero-order valence-corrected chi connectivity index (χ0v) is 13.0. The average Bonchev–Trinajstić information content (AvgIpc) is 2.42. The van der Waals surface area contributed by atoms with Gasteiger partial charge in [0.25, 0.3) is 0 Å². The molecule has 1 aromatic rings. The fourth-order valence-corrected chi connectivity index (χ4v) is 3.74. The quantitative estimate of drug-likeness (QED) is 0.862. The molecule has 8 heteroatoms. The minimum atomic E-state index is -3.70. The largest absolute Gasteiger partial charge is 0.478 e. The number of sulfonamides is 1. The number of ether oxygens (including phenoxy) is 1. The van der Waals surface area contributed by atoms with Crippen LogP contribution in [0.25, 0.3) is 0 Å². The summed E-state index contributed by atoms with van der Waals surface area (Å²) in [6.07, 6.45) is 2.15. The summed E-state index contributed by atoms with van der Waals surface area (Å²) in [5, 5.41) is 8.83. The lowest BCUT2D eigenvalue weighted by atomic mass is 10.1. The van der Waals surface area contributed by atoms with Crippen molar-refractivity contribution in [1.29, 1.82) is 0 Å². The number of nitrogens with one attached hydrogen (secondary N) is 1. The molecule has 0 radical (unpaired) electrons. The second kappa shape index (κ2) is 6.62. The number of hydrogen-bond acceptors (Lipinski definition) is 4. The Morgan fingerprint density at radius 1 is 1.45 bits per heavy atom. The predicted octanol–water partition coefficient (Wildman–Crippen LogP) is 2.14. The molecular weight excluding hydrogens is 313 g/mol. The van der Waals surface area contributed by atoms with Gasteiger partial charge in [-0.2, -0.15) is 0 Å². The van der Waals surface area contributed by atoms with Crippen LogP contribution in [-0.4, -0.2) is 38.0 Å². The second-order valence-corrected chi connectivity index (χ2v) is 7.09. The molecule has 0 aromatic heterocycles. The molecule has 1 atom stereocenters. The zero-order chi connectivity index (χ0) is 16.3. The molecule has 1 heterocycles. The van der Waals surface area contributed by atoms with Gasteiger partial charge in [0.1, 0.15) is 5.82 Å². The summed E-state index contributed by atoms with van der Waals surface area (Å²) in [5.74, 6) is -2.58. The summed E-state index contributed by atoms with van der Waals surface area (Å²) in [5.41, 5.74) is -0.110. The van der Waals surface area contributed by atoms with Crippen molar-refractivity contribution in [3.8, 4) is 0 Å². The van der Waals surface area contributed by atoms with E-state index in [4.69, 9.17) is 9.84 Å². The van der Waals surface area contributed by atoms with Crippen LogP contribution < -0.4 is 4.72 Å². The van der Waals surface area contributed by atoms with Gasteiger partial charge in [0, 0.05) is 6.61 Å². The fraction of sp³-hybridized carbons (Fsp3) is 0.500. The predicted molar refractivity (Wildman–Crippen MR) is 79.1 cm³/mol. The number of carboxylic acids is 1. The van der Waals surface area contributed by atoms with Gasteiger partial charge in [-0.3, -0.25) is 4.72 Å². The van der Waals surface area contributed by atoms with Crippen molar-refractivity contribution in [2.24, 2.45) is 0 Å². The number of aromatic carboxylic acids is 1. The molecule has 1 saturated heterocycles. The molecule has 6 nitrogen and oxygen atoms in total. The van der Waals surface area contributed by atoms with E-state index >= 15 is 0 Å². The van der Waals surface area contributed by atoms with Crippen LogP contribution in [0.2, 0.25) is 0 Å². The van der Waals surface area contributed by atoms with Gasteiger partial charge in [0.2, 0.25) is 10.0 Å². The highest BCUT2D eigenvalue weighted by Gasteiger charge is 2.23. The lowest BCUT2D eigenvalue weighted by Gasteiger charge is -2.22. The third kappa shape index (κ3) is 4.17. The number of aryl methyl sites for hydroxylation is 1. The summed E-state index contributed by atoms with van der Waals surface area (Å²) < 4.78 is 45.6. The Labute approximate surface area is 128 Å². The van der Waals surface area contributed by atoms with E-state index in [1.165, 1.54) is 6.92 Å². The third-order valence-electron chi connectivity index (χ3n) is 3.49. The number of rotatable bonds is 5. The van der Waals surface area contributed by atoms with Crippen molar-refractivity contribution in [2.45, 2.75) is 32.3 Å². The summed E-state index contributed by atoms with van der Waals surface area (Å²) in [6, 6.07) is 1.99. The molecule has 22 heavy (non-hydrogen) atoms. The van der Waals surface area contributed by atoms with Gasteiger partial charge >= 0.3 is 5.97 Å². The van der Waals surface area contributed by atoms with E-state index in [1.54, 1.807) is 0 Å². The maximum absolute atomic E-state index is 13.7. The van der Waals surface area contributed by atoms with Crippen molar-refractivity contribution >= 4 is 21.7 Å². The molecule has 1 aliphatic rings. The number of benzene rings is 1. The first kappa shape index (κ1) is 16.7. The zero-order valence-electron chi connectivity index (χ0n) is 12.1. The minimum absolute atomic E-state index is 0.0401. The Balaban J connectivity index is 2.15. The van der Waals surface area contributed by atoms with Crippen molar-refractivity contribution in [3.05, 3.63) is 29.1 Å². The average molecular weight is 331 g/mol. The summed E-state index contributed by atoms with van der Waals surface area (Å²) in [4.78, 5) is 10.8. The molecule has 1 aliphatic heterocycles. The van der Waals surface area contributed by atoms with E-state index in [9.17, 15) is 17.6 Å². The molecule has 0 bridgehead atoms. The Bertz CT molecular complexity index is 668. The summed E-state index contributed by atoms with van der Waals surface area (Å²) in [7, 11) is -3.70. The van der Waals surface area contributed by atoms with Crippen molar-refractivity contribution in [2.75, 3.05) is 17.1 Å². The van der Waals surface area contributed by atoms with Gasteiger partial charge in [0.05, 0.1) is 23.1 Å². The smallest absolute Gasteiger partial charge is 0.338 e. The normalized spacial score (nSPS) is 18.9.